The molecular formula is C32H50O7. The summed E-state index contributed by atoms with van der Waals surface area (Å²) in [7, 11) is 0. The summed E-state index contributed by atoms with van der Waals surface area (Å²) < 4.78 is 5.41. The molecule has 7 nitrogen and oxygen atoms in total. The molecule has 0 saturated carbocycles. The highest BCUT2D eigenvalue weighted by molar-refractivity contribution is 5.80. The molecule has 4 atom stereocenters. The fourth-order valence-corrected chi connectivity index (χ4v) is 5.72. The number of rotatable bonds is 20. The third-order valence-electron chi connectivity index (χ3n) is 7.58. The molecular weight excluding hydrogens is 496 g/mol. The van der Waals surface area contributed by atoms with Crippen LogP contribution in [0.2, 0.25) is 0 Å². The van der Waals surface area contributed by atoms with Gasteiger partial charge in [0.25, 0.3) is 0 Å². The van der Waals surface area contributed by atoms with Gasteiger partial charge in [0.15, 0.2) is 0 Å². The van der Waals surface area contributed by atoms with Gasteiger partial charge in [0.2, 0.25) is 0 Å². The first kappa shape index (κ1) is 34.4. The van der Waals surface area contributed by atoms with Crippen molar-refractivity contribution in [3.8, 4) is 0 Å². The van der Waals surface area contributed by atoms with Crippen LogP contribution in [0.1, 0.15) is 97.8 Å². The van der Waals surface area contributed by atoms with Crippen molar-refractivity contribution < 1.29 is 34.4 Å². The molecule has 39 heavy (non-hydrogen) atoms. The zero-order valence-electron chi connectivity index (χ0n) is 24.1. The lowest BCUT2D eigenvalue weighted by Crippen LogP contribution is -2.37. The molecule has 0 bridgehead atoms. The number of esters is 1. The Morgan fingerprint density at radius 2 is 1.46 bits per heavy atom. The number of hydrogen-bond acceptors (Lipinski definition) is 5. The SMILES string of the molecule is CCCCCCC[C@@H]1[C@@H](/C(=C/C=C/C(=O)O)COC(C)=O)[C@@H](/C=C/C(=O)O)C(CO)=C[C@H]1CCCCCCC. The van der Waals surface area contributed by atoms with Gasteiger partial charge >= 0.3 is 17.9 Å². The minimum Gasteiger partial charge on any atom is -0.478 e. The van der Waals surface area contributed by atoms with Crippen molar-refractivity contribution in [1.29, 1.82) is 0 Å². The summed E-state index contributed by atoms with van der Waals surface area (Å²) in [6.07, 6.45) is 22.3. The largest absolute Gasteiger partial charge is 0.478 e. The molecule has 0 aromatic carbocycles. The summed E-state index contributed by atoms with van der Waals surface area (Å²) in [6, 6.07) is 0. The van der Waals surface area contributed by atoms with Crippen LogP contribution < -0.4 is 0 Å². The van der Waals surface area contributed by atoms with Crippen molar-refractivity contribution in [2.24, 2.45) is 23.7 Å². The van der Waals surface area contributed by atoms with Gasteiger partial charge in [-0.3, -0.25) is 4.79 Å². The summed E-state index contributed by atoms with van der Waals surface area (Å²) in [6.45, 7) is 5.49. The number of aliphatic hydroxyl groups is 1. The highest BCUT2D eigenvalue weighted by Gasteiger charge is 2.40. The lowest BCUT2D eigenvalue weighted by molar-refractivity contribution is -0.140. The maximum absolute atomic E-state index is 11.8. The second kappa shape index (κ2) is 20.3. The number of carbonyl (C=O) groups is 3. The molecule has 1 rings (SSSR count). The fraction of sp³-hybridized carbons (Fsp3) is 0.656. The standard InChI is InChI=1S/C32H50O7/c1-4-6-8-10-12-15-25-21-27(22-33)29(19-20-31(37)38)32(28(25)17-13-11-9-7-5-2)26(23-39-24(3)34)16-14-18-30(35)36/h14,16,18-21,25,28-29,32-33H,4-13,15,17,22-23H2,1-3H3,(H,35,36)(H,37,38)/b18-14+,20-19+,26-16+/t25-,28+,29+,32-/m1/s1. The molecule has 0 radical (unpaired) electrons. The molecule has 0 heterocycles. The second-order valence-electron chi connectivity index (χ2n) is 10.6. The van der Waals surface area contributed by atoms with Gasteiger partial charge in [-0.2, -0.15) is 0 Å². The van der Waals surface area contributed by atoms with E-state index in [1.54, 1.807) is 12.2 Å². The zero-order chi connectivity index (χ0) is 29.0. The summed E-state index contributed by atoms with van der Waals surface area (Å²) in [5.74, 6) is -2.92. The summed E-state index contributed by atoms with van der Waals surface area (Å²) in [4.78, 5) is 34.4. The third-order valence-corrected chi connectivity index (χ3v) is 7.58. The lowest BCUT2D eigenvalue weighted by Gasteiger charge is -2.43. The highest BCUT2D eigenvalue weighted by Crippen LogP contribution is 2.47. The lowest BCUT2D eigenvalue weighted by atomic mass is 9.62. The first-order valence-corrected chi connectivity index (χ1v) is 14.7. The van der Waals surface area contributed by atoms with Gasteiger partial charge in [-0.1, -0.05) is 102 Å². The van der Waals surface area contributed by atoms with Gasteiger partial charge in [-0.15, -0.1) is 0 Å². The van der Waals surface area contributed by atoms with E-state index in [1.807, 2.05) is 0 Å². The van der Waals surface area contributed by atoms with Gasteiger partial charge in [-0.25, -0.2) is 9.59 Å². The number of unbranched alkanes of at least 4 members (excludes halogenated alkanes) is 8. The number of ether oxygens (including phenoxy) is 1. The van der Waals surface area contributed by atoms with Crippen LogP contribution in [0.15, 0.2) is 47.6 Å². The average molecular weight is 547 g/mol. The van der Waals surface area contributed by atoms with Crippen LogP contribution in [0, 0.1) is 23.7 Å². The molecule has 0 amide bonds. The quantitative estimate of drug-likeness (QED) is 0.0500. The molecule has 0 aliphatic heterocycles. The van der Waals surface area contributed by atoms with Crippen molar-refractivity contribution in [2.45, 2.75) is 97.8 Å². The highest BCUT2D eigenvalue weighted by atomic mass is 16.5. The summed E-state index contributed by atoms with van der Waals surface area (Å²) in [5.41, 5.74) is 1.49. The van der Waals surface area contributed by atoms with E-state index in [0.29, 0.717) is 0 Å². The normalized spacial score (nSPS) is 21.8. The predicted molar refractivity (Wildman–Crippen MR) is 154 cm³/mol. The number of allylic oxidation sites excluding steroid dienone is 4. The monoisotopic (exact) mass is 546 g/mol. The number of carbonyl (C=O) groups excluding carboxylic acids is 1. The smallest absolute Gasteiger partial charge is 0.328 e. The number of carboxylic acid groups (broad SMARTS) is 2. The topological polar surface area (TPSA) is 121 Å². The molecule has 0 unspecified atom stereocenters. The Hall–Kier alpha value is -2.67. The van der Waals surface area contributed by atoms with E-state index in [-0.39, 0.29) is 31.0 Å². The first-order valence-electron chi connectivity index (χ1n) is 14.7. The molecule has 0 aromatic heterocycles. The van der Waals surface area contributed by atoms with Crippen LogP contribution >= 0.6 is 0 Å². The molecule has 0 aromatic rings. The number of hydrogen-bond donors (Lipinski definition) is 3. The molecule has 1 aliphatic carbocycles. The van der Waals surface area contributed by atoms with Crippen LogP contribution in [-0.2, 0) is 19.1 Å². The van der Waals surface area contributed by atoms with Crippen molar-refractivity contribution in [1.82, 2.24) is 0 Å². The van der Waals surface area contributed by atoms with Crippen molar-refractivity contribution in [2.75, 3.05) is 13.2 Å². The molecule has 0 saturated heterocycles. The van der Waals surface area contributed by atoms with Crippen LogP contribution in [0.3, 0.4) is 0 Å². The van der Waals surface area contributed by atoms with Crippen molar-refractivity contribution in [3.05, 3.63) is 47.6 Å². The molecule has 7 heteroatoms. The fourth-order valence-electron chi connectivity index (χ4n) is 5.72. The maximum Gasteiger partial charge on any atom is 0.328 e. The van der Waals surface area contributed by atoms with E-state index in [1.165, 1.54) is 38.7 Å². The Morgan fingerprint density at radius 3 is 2.00 bits per heavy atom. The zero-order valence-corrected chi connectivity index (χ0v) is 24.1. The maximum atomic E-state index is 11.8. The molecule has 0 spiro atoms. The van der Waals surface area contributed by atoms with Crippen LogP contribution in [0.25, 0.3) is 0 Å². The summed E-state index contributed by atoms with van der Waals surface area (Å²) >= 11 is 0. The molecule has 220 valence electrons. The molecule has 0 fully saturated rings. The van der Waals surface area contributed by atoms with Crippen molar-refractivity contribution >= 4 is 17.9 Å². The van der Waals surface area contributed by atoms with E-state index in [9.17, 15) is 24.6 Å². The molecule has 1 aliphatic rings. The van der Waals surface area contributed by atoms with E-state index in [0.717, 1.165) is 74.7 Å². The van der Waals surface area contributed by atoms with E-state index >= 15 is 0 Å². The van der Waals surface area contributed by atoms with Gasteiger partial charge in [0, 0.05) is 25.0 Å². The van der Waals surface area contributed by atoms with Gasteiger partial charge < -0.3 is 20.1 Å². The third kappa shape index (κ3) is 13.8. The number of aliphatic hydroxyl groups excluding tert-OH is 1. The van der Waals surface area contributed by atoms with Gasteiger partial charge in [0.05, 0.1) is 6.61 Å². The second-order valence-corrected chi connectivity index (χ2v) is 10.6. The average Bonchev–Trinajstić information content (AvgIpc) is 2.89. The summed E-state index contributed by atoms with van der Waals surface area (Å²) in [5, 5.41) is 28.9. The number of carboxylic acids is 2. The number of aliphatic carboxylic acids is 2. The Labute approximate surface area is 234 Å². The van der Waals surface area contributed by atoms with Crippen LogP contribution in [0.4, 0.5) is 0 Å². The Kier molecular flexibility index (Phi) is 17.9. The van der Waals surface area contributed by atoms with Crippen LogP contribution in [0.5, 0.6) is 0 Å². The first-order chi connectivity index (χ1) is 18.7. The van der Waals surface area contributed by atoms with E-state index in [4.69, 9.17) is 9.84 Å². The van der Waals surface area contributed by atoms with Crippen molar-refractivity contribution in [3.63, 3.8) is 0 Å². The Bertz CT molecular complexity index is 868. The van der Waals surface area contributed by atoms with E-state index in [2.05, 4.69) is 19.9 Å². The predicted octanol–water partition coefficient (Wildman–Crippen LogP) is 6.88. The van der Waals surface area contributed by atoms with Gasteiger partial charge in [-0.05, 0) is 41.7 Å². The van der Waals surface area contributed by atoms with Gasteiger partial charge in [0.1, 0.15) is 6.61 Å². The Morgan fingerprint density at radius 1 is 0.872 bits per heavy atom. The molecule has 3 N–H and O–H groups in total. The van der Waals surface area contributed by atoms with E-state index < -0.39 is 23.8 Å². The Balaban J connectivity index is 3.56. The van der Waals surface area contributed by atoms with Crippen LogP contribution in [-0.4, -0.2) is 46.4 Å². The minimum absolute atomic E-state index is 0.0182. The minimum atomic E-state index is -1.09.